The number of aliphatic hydroxyl groups is 2. The van der Waals surface area contributed by atoms with Gasteiger partial charge < -0.3 is 10.2 Å². The van der Waals surface area contributed by atoms with Crippen LogP contribution in [0.25, 0.3) is 0 Å². The highest BCUT2D eigenvalue weighted by Gasteiger charge is 2.66. The van der Waals surface area contributed by atoms with Crippen molar-refractivity contribution in [3.63, 3.8) is 0 Å². The summed E-state index contributed by atoms with van der Waals surface area (Å²) in [7, 11) is 0. The van der Waals surface area contributed by atoms with E-state index in [1.54, 1.807) is 16.7 Å². The predicted molar refractivity (Wildman–Crippen MR) is 128 cm³/mol. The van der Waals surface area contributed by atoms with Gasteiger partial charge >= 0.3 is 0 Å². The highest BCUT2D eigenvalue weighted by Crippen LogP contribution is 2.73. The Morgan fingerprint density at radius 1 is 0.903 bits per heavy atom. The SMILES string of the molecule is CC1(C)CCC2=C(C1)C1=CC[C@H]3[C@@]4(C)CC[C@H](O)[C@@](C)(CO)[C@H]4CC[C@@]3(C)[C@]1(C)CC2. The van der Waals surface area contributed by atoms with Crippen molar-refractivity contribution in [3.05, 3.63) is 22.8 Å². The van der Waals surface area contributed by atoms with Crippen LogP contribution in [0.5, 0.6) is 0 Å². The summed E-state index contributed by atoms with van der Waals surface area (Å²) in [4.78, 5) is 0. The van der Waals surface area contributed by atoms with E-state index < -0.39 is 0 Å². The lowest BCUT2D eigenvalue weighted by molar-refractivity contribution is -0.209. The molecular weight excluding hydrogens is 380 g/mol. The van der Waals surface area contributed by atoms with Crippen molar-refractivity contribution in [2.24, 2.45) is 38.9 Å². The number of aliphatic hydroxyl groups excluding tert-OH is 2. The van der Waals surface area contributed by atoms with Crippen LogP contribution < -0.4 is 0 Å². The van der Waals surface area contributed by atoms with Crippen LogP contribution >= 0.6 is 0 Å². The van der Waals surface area contributed by atoms with E-state index >= 15 is 0 Å². The molecule has 5 rings (SSSR count). The molecule has 0 saturated heterocycles. The zero-order valence-corrected chi connectivity index (χ0v) is 21.0. The second-order valence-corrected chi connectivity index (χ2v) is 13.9. The van der Waals surface area contributed by atoms with Crippen molar-refractivity contribution in [2.75, 3.05) is 6.61 Å². The first-order valence-electron chi connectivity index (χ1n) is 13.1. The molecule has 0 bridgehead atoms. The Kier molecular flexibility index (Phi) is 4.81. The molecule has 0 amide bonds. The summed E-state index contributed by atoms with van der Waals surface area (Å²) in [6.45, 7) is 15.0. The quantitative estimate of drug-likeness (QED) is 0.483. The Morgan fingerprint density at radius 2 is 1.61 bits per heavy atom. The minimum atomic E-state index is -0.364. The summed E-state index contributed by atoms with van der Waals surface area (Å²) >= 11 is 0. The Morgan fingerprint density at radius 3 is 2.32 bits per heavy atom. The molecule has 5 aliphatic carbocycles. The standard InChI is InChI=1S/C29H46O2/c1-25(2)13-9-19-10-15-28(5)21(20(19)17-25)7-8-23-26(3)14-12-24(31)27(4,18-30)22(26)11-16-29(23,28)6/h7,22-24,30-31H,8-18H2,1-6H3/t22-,23-,24-,26-,27-,28+,29+/m0/s1. The molecule has 0 radical (unpaired) electrons. The third-order valence-corrected chi connectivity index (χ3v) is 12.0. The molecule has 0 aromatic heterocycles. The molecule has 0 unspecified atom stereocenters. The van der Waals surface area contributed by atoms with E-state index in [-0.39, 0.29) is 29.0 Å². The van der Waals surface area contributed by atoms with Gasteiger partial charge in [-0.05, 0) is 109 Å². The number of rotatable bonds is 1. The summed E-state index contributed by atoms with van der Waals surface area (Å²) in [5.74, 6) is 1.06. The van der Waals surface area contributed by atoms with Crippen LogP contribution in [0.2, 0.25) is 0 Å². The molecule has 0 aliphatic heterocycles. The van der Waals surface area contributed by atoms with Gasteiger partial charge in [0.15, 0.2) is 0 Å². The normalized spacial score (nSPS) is 51.2. The van der Waals surface area contributed by atoms with Gasteiger partial charge in [0.05, 0.1) is 12.7 Å². The van der Waals surface area contributed by atoms with E-state index in [4.69, 9.17) is 0 Å². The van der Waals surface area contributed by atoms with E-state index in [9.17, 15) is 10.2 Å². The van der Waals surface area contributed by atoms with Crippen molar-refractivity contribution in [2.45, 2.75) is 112 Å². The molecule has 0 aromatic rings. The maximum atomic E-state index is 10.9. The Labute approximate surface area is 190 Å². The average Bonchev–Trinajstić information content (AvgIpc) is 2.71. The van der Waals surface area contributed by atoms with Crippen LogP contribution in [0.1, 0.15) is 106 Å². The first-order valence-corrected chi connectivity index (χ1v) is 13.1. The van der Waals surface area contributed by atoms with E-state index in [0.29, 0.717) is 22.7 Å². The van der Waals surface area contributed by atoms with Crippen molar-refractivity contribution >= 4 is 0 Å². The van der Waals surface area contributed by atoms with E-state index in [1.807, 2.05) is 0 Å². The molecule has 174 valence electrons. The van der Waals surface area contributed by atoms with E-state index in [1.165, 1.54) is 44.9 Å². The fourth-order valence-corrected chi connectivity index (χ4v) is 9.70. The highest BCUT2D eigenvalue weighted by atomic mass is 16.3. The molecule has 2 N–H and O–H groups in total. The van der Waals surface area contributed by atoms with Gasteiger partial charge in [-0.1, -0.05) is 53.2 Å². The molecular formula is C29H46O2. The van der Waals surface area contributed by atoms with Gasteiger partial charge in [-0.25, -0.2) is 0 Å². The summed E-state index contributed by atoms with van der Waals surface area (Å²) in [6, 6.07) is 0. The minimum Gasteiger partial charge on any atom is -0.396 e. The highest BCUT2D eigenvalue weighted by molar-refractivity contribution is 5.48. The first kappa shape index (κ1) is 22.2. The number of hydrogen-bond acceptors (Lipinski definition) is 2. The molecule has 31 heavy (non-hydrogen) atoms. The van der Waals surface area contributed by atoms with Gasteiger partial charge in [-0.2, -0.15) is 0 Å². The molecule has 2 heteroatoms. The lowest BCUT2D eigenvalue weighted by atomic mass is 9.35. The summed E-state index contributed by atoms with van der Waals surface area (Å²) < 4.78 is 0. The minimum absolute atomic E-state index is 0.113. The second kappa shape index (κ2) is 6.72. The maximum Gasteiger partial charge on any atom is 0.0618 e. The molecule has 2 saturated carbocycles. The number of fused-ring (bicyclic) bond motifs is 6. The molecule has 0 heterocycles. The van der Waals surface area contributed by atoms with Crippen LogP contribution in [0, 0.1) is 38.9 Å². The second-order valence-electron chi connectivity index (χ2n) is 13.9. The van der Waals surface area contributed by atoms with Crippen LogP contribution in [0.4, 0.5) is 0 Å². The lowest BCUT2D eigenvalue weighted by Gasteiger charge is -2.69. The van der Waals surface area contributed by atoms with Gasteiger partial charge in [0, 0.05) is 5.41 Å². The smallest absolute Gasteiger partial charge is 0.0618 e. The molecule has 0 aromatic carbocycles. The van der Waals surface area contributed by atoms with Gasteiger partial charge in [0.2, 0.25) is 0 Å². The largest absolute Gasteiger partial charge is 0.396 e. The molecule has 5 aliphatic rings. The van der Waals surface area contributed by atoms with Crippen molar-refractivity contribution in [1.82, 2.24) is 0 Å². The third-order valence-electron chi connectivity index (χ3n) is 12.0. The lowest BCUT2D eigenvalue weighted by Crippen LogP contribution is -2.64. The number of hydrogen-bond donors (Lipinski definition) is 2. The molecule has 2 fully saturated rings. The van der Waals surface area contributed by atoms with Crippen LogP contribution in [0.15, 0.2) is 22.8 Å². The first-order chi connectivity index (χ1) is 14.4. The van der Waals surface area contributed by atoms with Crippen molar-refractivity contribution < 1.29 is 10.2 Å². The van der Waals surface area contributed by atoms with Crippen molar-refractivity contribution in [1.29, 1.82) is 0 Å². The van der Waals surface area contributed by atoms with Crippen LogP contribution in [-0.4, -0.2) is 22.9 Å². The third kappa shape index (κ3) is 2.76. The fourth-order valence-electron chi connectivity index (χ4n) is 9.70. The van der Waals surface area contributed by atoms with Crippen molar-refractivity contribution in [3.8, 4) is 0 Å². The summed E-state index contributed by atoms with van der Waals surface area (Å²) in [5.41, 5.74) is 6.10. The monoisotopic (exact) mass is 426 g/mol. The van der Waals surface area contributed by atoms with E-state index in [2.05, 4.69) is 47.6 Å². The van der Waals surface area contributed by atoms with E-state index in [0.717, 1.165) is 19.3 Å². The topological polar surface area (TPSA) is 40.5 Å². The fraction of sp³-hybridized carbons (Fsp3) is 0.862. The molecule has 2 nitrogen and oxygen atoms in total. The average molecular weight is 427 g/mol. The zero-order valence-electron chi connectivity index (χ0n) is 21.0. The van der Waals surface area contributed by atoms with Gasteiger partial charge in [0.25, 0.3) is 0 Å². The summed E-state index contributed by atoms with van der Waals surface area (Å²) in [5, 5.41) is 21.3. The Balaban J connectivity index is 1.58. The van der Waals surface area contributed by atoms with Crippen LogP contribution in [-0.2, 0) is 0 Å². The zero-order chi connectivity index (χ0) is 22.4. The van der Waals surface area contributed by atoms with Gasteiger partial charge in [-0.15, -0.1) is 0 Å². The maximum absolute atomic E-state index is 10.9. The van der Waals surface area contributed by atoms with Crippen LogP contribution in [0.3, 0.4) is 0 Å². The molecule has 7 atom stereocenters. The predicted octanol–water partition coefficient (Wildman–Crippen LogP) is 6.82. The van der Waals surface area contributed by atoms with Gasteiger partial charge in [-0.3, -0.25) is 0 Å². The Hall–Kier alpha value is -0.600. The molecule has 0 spiro atoms. The number of allylic oxidation sites excluding steroid dienone is 4. The Bertz CT molecular complexity index is 836. The summed E-state index contributed by atoms with van der Waals surface area (Å²) in [6.07, 6.45) is 14.4. The van der Waals surface area contributed by atoms with Gasteiger partial charge in [0.1, 0.15) is 0 Å².